The van der Waals surface area contributed by atoms with E-state index < -0.39 is 5.91 Å². The van der Waals surface area contributed by atoms with Gasteiger partial charge in [0.25, 0.3) is 5.91 Å². The van der Waals surface area contributed by atoms with Crippen molar-refractivity contribution in [3.63, 3.8) is 0 Å². The monoisotopic (exact) mass is 399 g/mol. The third kappa shape index (κ3) is 3.92. The molecule has 4 aromatic rings. The molecule has 0 saturated heterocycles. The molecule has 30 heavy (non-hydrogen) atoms. The summed E-state index contributed by atoms with van der Waals surface area (Å²) in [5.41, 5.74) is 13.1. The fourth-order valence-electron chi connectivity index (χ4n) is 3.33. The summed E-state index contributed by atoms with van der Waals surface area (Å²) in [4.78, 5) is 20.7. The van der Waals surface area contributed by atoms with E-state index in [2.05, 4.69) is 21.4 Å². The maximum absolute atomic E-state index is 11.7. The number of amides is 1. The van der Waals surface area contributed by atoms with Crippen molar-refractivity contribution in [2.24, 2.45) is 0 Å². The molecule has 0 saturated carbocycles. The van der Waals surface area contributed by atoms with Gasteiger partial charge in [-0.2, -0.15) is 0 Å². The number of pyridine rings is 2. The predicted octanol–water partition coefficient (Wildman–Crippen LogP) is 3.92. The molecular formula is C23H21N5O2. The highest BCUT2D eigenvalue weighted by atomic mass is 16.5. The number of rotatable bonds is 5. The lowest BCUT2D eigenvalue weighted by atomic mass is 10.0. The minimum absolute atomic E-state index is 0.404. The van der Waals surface area contributed by atoms with Crippen LogP contribution in [0.2, 0.25) is 0 Å². The second-order valence-electron chi connectivity index (χ2n) is 6.99. The van der Waals surface area contributed by atoms with Crippen LogP contribution in [-0.4, -0.2) is 21.1 Å². The largest absolute Gasteiger partial charge is 0.396 e. The maximum atomic E-state index is 11.7. The molecule has 0 bridgehead atoms. The maximum Gasteiger partial charge on any atom is 0.274 e. The minimum atomic E-state index is -0.544. The number of anilines is 2. The van der Waals surface area contributed by atoms with Crippen molar-refractivity contribution < 1.29 is 10.0 Å². The zero-order chi connectivity index (χ0) is 21.1. The Kier molecular flexibility index (Phi) is 5.28. The molecule has 0 aliphatic heterocycles. The molecule has 150 valence electrons. The molecule has 2 aromatic heterocycles. The number of carbonyl (C=O) groups excluding carboxylic acids is 1. The normalized spacial score (nSPS) is 10.7. The number of fused-ring (bicyclic) bond motifs is 1. The third-order valence-corrected chi connectivity index (χ3v) is 4.92. The van der Waals surface area contributed by atoms with Crippen LogP contribution >= 0.6 is 0 Å². The van der Waals surface area contributed by atoms with Gasteiger partial charge in [0.15, 0.2) is 0 Å². The zero-order valence-corrected chi connectivity index (χ0v) is 16.4. The van der Waals surface area contributed by atoms with Crippen molar-refractivity contribution in [1.29, 1.82) is 0 Å². The summed E-state index contributed by atoms with van der Waals surface area (Å²) < 4.78 is 0. The van der Waals surface area contributed by atoms with Crippen LogP contribution in [0.5, 0.6) is 0 Å². The van der Waals surface area contributed by atoms with E-state index in [1.807, 2.05) is 36.4 Å². The lowest BCUT2D eigenvalue weighted by Gasteiger charge is -2.12. The quantitative estimate of drug-likeness (QED) is 0.299. The van der Waals surface area contributed by atoms with Crippen LogP contribution in [0, 0.1) is 6.92 Å². The molecule has 2 heterocycles. The molecule has 1 amide bonds. The molecule has 7 nitrogen and oxygen atoms in total. The van der Waals surface area contributed by atoms with Gasteiger partial charge in [-0.3, -0.25) is 15.0 Å². The molecule has 2 aromatic carbocycles. The SMILES string of the molecule is Cc1cc(-c2ccc(N)c(NCc3ccc4ncccc4c3)n2)ccc1C(=O)NO. The Morgan fingerprint density at radius 1 is 1.10 bits per heavy atom. The van der Waals surface area contributed by atoms with Crippen molar-refractivity contribution in [3.8, 4) is 11.3 Å². The highest BCUT2D eigenvalue weighted by Gasteiger charge is 2.11. The summed E-state index contributed by atoms with van der Waals surface area (Å²) in [6, 6.07) is 19.0. The van der Waals surface area contributed by atoms with Crippen molar-refractivity contribution in [2.45, 2.75) is 13.5 Å². The Labute approximate surface area is 173 Å². The smallest absolute Gasteiger partial charge is 0.274 e. The number of hydrogen-bond acceptors (Lipinski definition) is 6. The van der Waals surface area contributed by atoms with Crippen molar-refractivity contribution in [2.75, 3.05) is 11.1 Å². The number of nitrogens with zero attached hydrogens (tertiary/aromatic N) is 2. The van der Waals surface area contributed by atoms with Gasteiger partial charge in [-0.05, 0) is 60.5 Å². The zero-order valence-electron chi connectivity index (χ0n) is 16.4. The predicted molar refractivity (Wildman–Crippen MR) is 117 cm³/mol. The first-order valence-electron chi connectivity index (χ1n) is 9.44. The summed E-state index contributed by atoms with van der Waals surface area (Å²) in [5, 5.41) is 13.2. The van der Waals surface area contributed by atoms with E-state index >= 15 is 0 Å². The molecule has 0 fully saturated rings. The van der Waals surface area contributed by atoms with Gasteiger partial charge in [0.05, 0.1) is 16.9 Å². The molecule has 0 spiro atoms. The molecule has 0 aliphatic rings. The average Bonchev–Trinajstić information content (AvgIpc) is 2.77. The van der Waals surface area contributed by atoms with Gasteiger partial charge in [0, 0.05) is 29.3 Å². The molecule has 0 radical (unpaired) electrons. The van der Waals surface area contributed by atoms with Gasteiger partial charge in [0.1, 0.15) is 5.82 Å². The highest BCUT2D eigenvalue weighted by Crippen LogP contribution is 2.26. The van der Waals surface area contributed by atoms with Crippen LogP contribution in [0.15, 0.2) is 66.9 Å². The number of nitrogen functional groups attached to an aromatic ring is 1. The van der Waals surface area contributed by atoms with Gasteiger partial charge in [0.2, 0.25) is 0 Å². The molecule has 4 rings (SSSR count). The first-order valence-corrected chi connectivity index (χ1v) is 9.44. The Morgan fingerprint density at radius 2 is 1.97 bits per heavy atom. The molecule has 0 aliphatic carbocycles. The number of aryl methyl sites for hydroxylation is 1. The van der Waals surface area contributed by atoms with Crippen molar-refractivity contribution in [1.82, 2.24) is 15.4 Å². The number of nitrogens with two attached hydrogens (primary N) is 1. The molecule has 0 unspecified atom stereocenters. The van der Waals surface area contributed by atoms with E-state index in [1.54, 1.807) is 36.8 Å². The second-order valence-corrected chi connectivity index (χ2v) is 6.99. The third-order valence-electron chi connectivity index (χ3n) is 4.92. The average molecular weight is 399 g/mol. The summed E-state index contributed by atoms with van der Waals surface area (Å²) >= 11 is 0. The van der Waals surface area contributed by atoms with Crippen LogP contribution in [0.3, 0.4) is 0 Å². The van der Waals surface area contributed by atoms with Gasteiger partial charge in [-0.1, -0.05) is 18.2 Å². The lowest BCUT2D eigenvalue weighted by molar-refractivity contribution is 0.0705. The first-order chi connectivity index (χ1) is 14.5. The van der Waals surface area contributed by atoms with E-state index in [1.165, 1.54) is 0 Å². The fraction of sp³-hybridized carbons (Fsp3) is 0.0870. The molecule has 7 heteroatoms. The van der Waals surface area contributed by atoms with E-state index in [4.69, 9.17) is 10.9 Å². The highest BCUT2D eigenvalue weighted by molar-refractivity contribution is 5.95. The Balaban J connectivity index is 1.57. The Morgan fingerprint density at radius 3 is 2.77 bits per heavy atom. The minimum Gasteiger partial charge on any atom is -0.396 e. The molecular weight excluding hydrogens is 378 g/mol. The fourth-order valence-corrected chi connectivity index (χ4v) is 3.33. The van der Waals surface area contributed by atoms with E-state index in [0.717, 1.165) is 33.3 Å². The number of aromatic nitrogens is 2. The number of hydroxylamine groups is 1. The Bertz CT molecular complexity index is 1240. The number of benzene rings is 2. The number of nitrogens with one attached hydrogen (secondary N) is 2. The van der Waals surface area contributed by atoms with Gasteiger partial charge in [-0.25, -0.2) is 10.5 Å². The number of carbonyl (C=O) groups is 1. The Hall–Kier alpha value is -3.97. The van der Waals surface area contributed by atoms with Crippen molar-refractivity contribution >= 4 is 28.3 Å². The van der Waals surface area contributed by atoms with Gasteiger partial charge in [-0.15, -0.1) is 0 Å². The topological polar surface area (TPSA) is 113 Å². The van der Waals surface area contributed by atoms with Gasteiger partial charge >= 0.3 is 0 Å². The molecule has 0 atom stereocenters. The van der Waals surface area contributed by atoms with Crippen LogP contribution in [-0.2, 0) is 6.54 Å². The van der Waals surface area contributed by atoms with Crippen LogP contribution < -0.4 is 16.5 Å². The first kappa shape index (κ1) is 19.4. The lowest BCUT2D eigenvalue weighted by Crippen LogP contribution is -2.19. The summed E-state index contributed by atoms with van der Waals surface area (Å²) in [6.07, 6.45) is 1.78. The molecule has 5 N–H and O–H groups in total. The van der Waals surface area contributed by atoms with Crippen LogP contribution in [0.25, 0.3) is 22.2 Å². The summed E-state index contributed by atoms with van der Waals surface area (Å²) in [5.74, 6) is 0.0471. The van der Waals surface area contributed by atoms with E-state index in [0.29, 0.717) is 23.6 Å². The van der Waals surface area contributed by atoms with Crippen LogP contribution in [0.1, 0.15) is 21.5 Å². The van der Waals surface area contributed by atoms with E-state index in [9.17, 15) is 4.79 Å². The second kappa shape index (κ2) is 8.18. The van der Waals surface area contributed by atoms with E-state index in [-0.39, 0.29) is 0 Å². The summed E-state index contributed by atoms with van der Waals surface area (Å²) in [7, 11) is 0. The standard InChI is InChI=1S/C23H21N5O2/c1-14-11-17(5-6-18(14)23(29)28-30)21-9-7-19(24)22(27-21)26-13-15-4-8-20-16(12-15)3-2-10-25-20/h2-12,30H,13,24H2,1H3,(H,26,27)(H,28,29). The van der Waals surface area contributed by atoms with Gasteiger partial charge < -0.3 is 11.1 Å². The van der Waals surface area contributed by atoms with Crippen LogP contribution in [0.4, 0.5) is 11.5 Å². The summed E-state index contributed by atoms with van der Waals surface area (Å²) in [6.45, 7) is 2.37. The van der Waals surface area contributed by atoms with Crippen molar-refractivity contribution in [3.05, 3.63) is 83.6 Å². The number of hydrogen-bond donors (Lipinski definition) is 4.